The number of hydrogen-bond donors (Lipinski definition) is 0. The molecule has 0 amide bonds. The minimum atomic E-state index is 1.01. The third-order valence-corrected chi connectivity index (χ3v) is 8.65. The second kappa shape index (κ2) is 10.2. The maximum absolute atomic E-state index is 4.06. The van der Waals surface area contributed by atoms with Gasteiger partial charge in [0.1, 0.15) is 0 Å². The molecule has 0 nitrogen and oxygen atoms in total. The lowest BCUT2D eigenvalue weighted by Gasteiger charge is -2.19. The van der Waals surface area contributed by atoms with Crippen molar-refractivity contribution in [3.8, 4) is 33.4 Å². The Balaban J connectivity index is 1.47. The van der Waals surface area contributed by atoms with Crippen LogP contribution >= 0.6 is 0 Å². The van der Waals surface area contributed by atoms with Gasteiger partial charge in [-0.1, -0.05) is 141 Å². The molecule has 7 aromatic carbocycles. The van der Waals surface area contributed by atoms with E-state index in [2.05, 4.69) is 148 Å². The Bertz CT molecular complexity index is 2030. The summed E-state index contributed by atoms with van der Waals surface area (Å²) >= 11 is 0. The van der Waals surface area contributed by atoms with Gasteiger partial charge in [0, 0.05) is 0 Å². The molecule has 0 atom stereocenters. The van der Waals surface area contributed by atoms with Gasteiger partial charge in [0.25, 0.3) is 0 Å². The Kier molecular flexibility index (Phi) is 6.25. The summed E-state index contributed by atoms with van der Waals surface area (Å²) in [6.07, 6.45) is 2.99. The van der Waals surface area contributed by atoms with E-state index >= 15 is 0 Å². The number of benzene rings is 7. The predicted molar refractivity (Wildman–Crippen MR) is 179 cm³/mol. The molecule has 0 radical (unpaired) electrons. The van der Waals surface area contributed by atoms with E-state index in [1.165, 1.54) is 82.4 Å². The molecular weight excluding hydrogens is 492 g/mol. The van der Waals surface area contributed by atoms with Crippen LogP contribution in [0, 0.1) is 6.92 Å². The van der Waals surface area contributed by atoms with Gasteiger partial charge in [0.2, 0.25) is 0 Å². The van der Waals surface area contributed by atoms with E-state index < -0.39 is 0 Å². The first-order valence-electron chi connectivity index (χ1n) is 14.5. The van der Waals surface area contributed by atoms with Gasteiger partial charge < -0.3 is 0 Å². The van der Waals surface area contributed by atoms with Crippen molar-refractivity contribution in [1.29, 1.82) is 0 Å². The molecule has 0 aliphatic rings. The monoisotopic (exact) mass is 524 g/mol. The molecule has 7 aromatic rings. The highest BCUT2D eigenvalue weighted by atomic mass is 14.2. The minimum absolute atomic E-state index is 1.01. The van der Waals surface area contributed by atoms with Crippen LogP contribution in [0.2, 0.25) is 0 Å². The quantitative estimate of drug-likeness (QED) is 0.196. The summed E-state index contributed by atoms with van der Waals surface area (Å²) in [5.41, 5.74) is 11.5. The van der Waals surface area contributed by atoms with Crippen molar-refractivity contribution in [3.63, 3.8) is 0 Å². The summed E-state index contributed by atoms with van der Waals surface area (Å²) in [6.45, 7) is 8.48. The molecule has 196 valence electrons. The summed E-state index contributed by atoms with van der Waals surface area (Å²) in [5, 5.41) is 7.66. The van der Waals surface area contributed by atoms with Crippen molar-refractivity contribution >= 4 is 38.4 Å². The van der Waals surface area contributed by atoms with Crippen molar-refractivity contribution in [2.45, 2.75) is 20.3 Å². The Labute approximate surface area is 242 Å². The third-order valence-electron chi connectivity index (χ3n) is 8.65. The molecule has 0 heterocycles. The lowest BCUT2D eigenvalue weighted by Crippen LogP contribution is -1.93. The molecule has 0 saturated heterocycles. The van der Waals surface area contributed by atoms with Crippen LogP contribution in [0.5, 0.6) is 0 Å². The van der Waals surface area contributed by atoms with Crippen molar-refractivity contribution < 1.29 is 0 Å². The minimum Gasteiger partial charge on any atom is -0.0985 e. The summed E-state index contributed by atoms with van der Waals surface area (Å²) < 4.78 is 0. The van der Waals surface area contributed by atoms with Crippen LogP contribution in [-0.2, 0) is 6.42 Å². The van der Waals surface area contributed by atoms with Crippen LogP contribution in [0.3, 0.4) is 0 Å². The molecule has 0 saturated carbocycles. The van der Waals surface area contributed by atoms with Crippen LogP contribution < -0.4 is 0 Å². The van der Waals surface area contributed by atoms with Gasteiger partial charge in [-0.15, -0.1) is 0 Å². The van der Waals surface area contributed by atoms with E-state index in [0.717, 1.165) is 6.42 Å². The standard InChI is InChI=1S/C41H32/c1-4-28-25-33(26-29(5-2)27(28)3)30-21-23-32(24-22-30)40-36-16-8-10-18-38(36)41(39-19-11-9-17-37(39)40)35-20-12-14-31-13-6-7-15-34(31)35/h4,6-26H,1,5H2,2-3H3. The summed E-state index contributed by atoms with van der Waals surface area (Å²) in [6, 6.07) is 46.9. The Morgan fingerprint density at radius 2 is 1.07 bits per heavy atom. The summed E-state index contributed by atoms with van der Waals surface area (Å²) in [7, 11) is 0. The van der Waals surface area contributed by atoms with Crippen LogP contribution in [0.1, 0.15) is 23.6 Å². The molecule has 41 heavy (non-hydrogen) atoms. The van der Waals surface area contributed by atoms with Gasteiger partial charge in [0.15, 0.2) is 0 Å². The Morgan fingerprint density at radius 3 is 1.68 bits per heavy atom. The fourth-order valence-corrected chi connectivity index (χ4v) is 6.55. The Morgan fingerprint density at radius 1 is 0.537 bits per heavy atom. The average molecular weight is 525 g/mol. The van der Waals surface area contributed by atoms with Crippen molar-refractivity contribution in [2.24, 2.45) is 0 Å². The van der Waals surface area contributed by atoms with Crippen LogP contribution in [0.15, 0.2) is 134 Å². The van der Waals surface area contributed by atoms with Crippen LogP contribution in [0.25, 0.3) is 71.8 Å². The number of aryl methyl sites for hydroxylation is 1. The largest absolute Gasteiger partial charge is 0.0985 e. The van der Waals surface area contributed by atoms with Gasteiger partial charge in [-0.2, -0.15) is 0 Å². The van der Waals surface area contributed by atoms with Crippen LogP contribution in [-0.4, -0.2) is 0 Å². The number of hydrogen-bond acceptors (Lipinski definition) is 0. The molecule has 0 unspecified atom stereocenters. The lowest BCUT2D eigenvalue weighted by molar-refractivity contribution is 1.11. The molecule has 0 bridgehead atoms. The summed E-state index contributed by atoms with van der Waals surface area (Å²) in [5.74, 6) is 0. The van der Waals surface area contributed by atoms with E-state index in [4.69, 9.17) is 0 Å². The predicted octanol–water partition coefficient (Wildman–Crippen LogP) is 11.7. The zero-order valence-corrected chi connectivity index (χ0v) is 23.6. The van der Waals surface area contributed by atoms with E-state index in [-0.39, 0.29) is 0 Å². The Hall–Kier alpha value is -4.94. The molecule has 0 heteroatoms. The normalized spacial score (nSPS) is 11.4. The molecular formula is C41H32. The number of fused-ring (bicyclic) bond motifs is 3. The molecule has 0 aliphatic heterocycles. The van der Waals surface area contributed by atoms with E-state index in [1.54, 1.807) is 0 Å². The van der Waals surface area contributed by atoms with Gasteiger partial charge in [-0.3, -0.25) is 0 Å². The van der Waals surface area contributed by atoms with E-state index in [9.17, 15) is 0 Å². The first-order chi connectivity index (χ1) is 20.2. The van der Waals surface area contributed by atoms with Crippen molar-refractivity contribution in [1.82, 2.24) is 0 Å². The second-order valence-electron chi connectivity index (χ2n) is 10.9. The zero-order valence-electron chi connectivity index (χ0n) is 23.6. The van der Waals surface area contributed by atoms with E-state index in [0.29, 0.717) is 0 Å². The molecule has 7 rings (SSSR count). The fraction of sp³-hybridized carbons (Fsp3) is 0.0732. The molecule has 0 N–H and O–H groups in total. The summed E-state index contributed by atoms with van der Waals surface area (Å²) in [4.78, 5) is 0. The van der Waals surface area contributed by atoms with Crippen molar-refractivity contribution in [3.05, 3.63) is 151 Å². The van der Waals surface area contributed by atoms with Gasteiger partial charge in [-0.05, 0) is 102 Å². The highest BCUT2D eigenvalue weighted by molar-refractivity contribution is 6.23. The van der Waals surface area contributed by atoms with Crippen LogP contribution in [0.4, 0.5) is 0 Å². The second-order valence-corrected chi connectivity index (χ2v) is 10.9. The lowest BCUT2D eigenvalue weighted by atomic mass is 9.84. The van der Waals surface area contributed by atoms with Crippen molar-refractivity contribution in [2.75, 3.05) is 0 Å². The first kappa shape index (κ1) is 25.1. The first-order valence-corrected chi connectivity index (χ1v) is 14.5. The molecule has 0 fully saturated rings. The average Bonchev–Trinajstić information content (AvgIpc) is 3.03. The fourth-order valence-electron chi connectivity index (χ4n) is 6.55. The third kappa shape index (κ3) is 4.15. The highest BCUT2D eigenvalue weighted by Gasteiger charge is 2.18. The maximum Gasteiger partial charge on any atom is -0.00201 e. The highest BCUT2D eigenvalue weighted by Crippen LogP contribution is 2.45. The molecule has 0 aromatic heterocycles. The van der Waals surface area contributed by atoms with Gasteiger partial charge >= 0.3 is 0 Å². The zero-order chi connectivity index (χ0) is 27.9. The number of rotatable bonds is 5. The maximum atomic E-state index is 4.06. The van der Waals surface area contributed by atoms with Gasteiger partial charge in [0.05, 0.1) is 0 Å². The molecule has 0 spiro atoms. The smallest absolute Gasteiger partial charge is 0.00201 e. The topological polar surface area (TPSA) is 0 Å². The van der Waals surface area contributed by atoms with Gasteiger partial charge in [-0.25, -0.2) is 0 Å². The SMILES string of the molecule is C=Cc1cc(-c2ccc(-c3c4ccccc4c(-c4cccc5ccccc45)c4ccccc34)cc2)cc(CC)c1C. The molecule has 0 aliphatic carbocycles. The van der Waals surface area contributed by atoms with E-state index in [1.807, 2.05) is 6.08 Å².